The number of thiazole rings is 1. The lowest BCUT2D eigenvalue weighted by Gasteiger charge is -2.07. The van der Waals surface area contributed by atoms with Crippen LogP contribution in [0.15, 0.2) is 35.0 Å². The Morgan fingerprint density at radius 2 is 2.12 bits per heavy atom. The highest BCUT2D eigenvalue weighted by molar-refractivity contribution is 7.11. The van der Waals surface area contributed by atoms with Gasteiger partial charge in [-0.05, 0) is 19.1 Å². The molecule has 0 bridgehead atoms. The van der Waals surface area contributed by atoms with Crippen LogP contribution in [0.3, 0.4) is 0 Å². The number of hydrogen-bond donors (Lipinski definition) is 1. The number of para-hydroxylation sites is 1. The summed E-state index contributed by atoms with van der Waals surface area (Å²) < 4.78 is 10.7. The number of amides is 1. The van der Waals surface area contributed by atoms with Crippen LogP contribution in [-0.4, -0.2) is 16.0 Å². The van der Waals surface area contributed by atoms with Gasteiger partial charge in [-0.3, -0.25) is 4.79 Å². The zero-order chi connectivity index (χ0) is 17.8. The smallest absolute Gasteiger partial charge is 0.273 e. The topological polar surface area (TPSA) is 77.2 Å². The van der Waals surface area contributed by atoms with Crippen molar-refractivity contribution in [3.8, 4) is 5.75 Å². The third-order valence-corrected chi connectivity index (χ3v) is 4.67. The summed E-state index contributed by atoms with van der Waals surface area (Å²) in [4.78, 5) is 17.2. The third kappa shape index (κ3) is 4.50. The minimum atomic E-state index is -0.336. The zero-order valence-electron chi connectivity index (χ0n) is 13.1. The van der Waals surface area contributed by atoms with Crippen LogP contribution in [0.25, 0.3) is 0 Å². The van der Waals surface area contributed by atoms with Crippen molar-refractivity contribution in [1.82, 2.24) is 15.5 Å². The molecule has 0 saturated carbocycles. The summed E-state index contributed by atoms with van der Waals surface area (Å²) in [5.74, 6) is 0.403. The quantitative estimate of drug-likeness (QED) is 0.672. The molecule has 0 aliphatic rings. The third-order valence-electron chi connectivity index (χ3n) is 3.16. The molecule has 25 heavy (non-hydrogen) atoms. The van der Waals surface area contributed by atoms with E-state index in [9.17, 15) is 4.79 Å². The van der Waals surface area contributed by atoms with Gasteiger partial charge in [0.25, 0.3) is 5.91 Å². The number of ether oxygens (including phenoxy) is 1. The van der Waals surface area contributed by atoms with Gasteiger partial charge in [0.15, 0.2) is 17.2 Å². The molecule has 6 nitrogen and oxygen atoms in total. The molecule has 0 aliphatic heterocycles. The number of benzene rings is 1. The molecule has 0 fully saturated rings. The van der Waals surface area contributed by atoms with Gasteiger partial charge in [0, 0.05) is 17.1 Å². The first-order valence-corrected chi connectivity index (χ1v) is 8.82. The summed E-state index contributed by atoms with van der Waals surface area (Å²) in [6.45, 7) is 2.35. The molecule has 3 rings (SSSR count). The lowest BCUT2D eigenvalue weighted by Crippen LogP contribution is -2.22. The van der Waals surface area contributed by atoms with Gasteiger partial charge in [0.1, 0.15) is 6.61 Å². The average Bonchev–Trinajstić information content (AvgIpc) is 3.21. The van der Waals surface area contributed by atoms with Gasteiger partial charge in [-0.1, -0.05) is 34.4 Å². The lowest BCUT2D eigenvalue weighted by molar-refractivity contribution is 0.0942. The van der Waals surface area contributed by atoms with E-state index in [1.54, 1.807) is 24.4 Å². The van der Waals surface area contributed by atoms with E-state index < -0.39 is 0 Å². The first-order valence-electron chi connectivity index (χ1n) is 7.25. The highest BCUT2D eigenvalue weighted by Gasteiger charge is 2.14. The number of aromatic nitrogens is 2. The second-order valence-corrected chi connectivity index (χ2v) is 7.18. The maximum atomic E-state index is 12.1. The number of carbonyl (C=O) groups excluding carboxylic acids is 1. The van der Waals surface area contributed by atoms with E-state index in [0.29, 0.717) is 28.1 Å². The lowest BCUT2D eigenvalue weighted by atomic mass is 10.3. The molecule has 0 unspecified atom stereocenters. The predicted octanol–water partition coefficient (Wildman–Crippen LogP) is 4.26. The first-order chi connectivity index (χ1) is 12.0. The van der Waals surface area contributed by atoms with Crippen LogP contribution in [0, 0.1) is 6.92 Å². The Morgan fingerprint density at radius 1 is 1.36 bits per heavy atom. The van der Waals surface area contributed by atoms with Crippen LogP contribution in [0.2, 0.25) is 10.0 Å². The first kappa shape index (κ1) is 17.7. The molecule has 1 amide bonds. The molecule has 0 aliphatic carbocycles. The number of hydrogen-bond acceptors (Lipinski definition) is 6. The van der Waals surface area contributed by atoms with Crippen molar-refractivity contribution in [3.05, 3.63) is 61.8 Å². The van der Waals surface area contributed by atoms with Crippen LogP contribution in [0.4, 0.5) is 0 Å². The maximum Gasteiger partial charge on any atom is 0.273 e. The Bertz CT molecular complexity index is 874. The van der Waals surface area contributed by atoms with Gasteiger partial charge in [0.05, 0.1) is 21.6 Å². The molecule has 0 atom stereocenters. The van der Waals surface area contributed by atoms with Gasteiger partial charge in [-0.2, -0.15) is 0 Å². The Balaban J connectivity index is 1.57. The average molecular weight is 398 g/mol. The van der Waals surface area contributed by atoms with Gasteiger partial charge >= 0.3 is 0 Å². The molecule has 130 valence electrons. The van der Waals surface area contributed by atoms with E-state index in [-0.39, 0.29) is 18.2 Å². The fourth-order valence-corrected chi connectivity index (χ4v) is 3.24. The van der Waals surface area contributed by atoms with E-state index >= 15 is 0 Å². The van der Waals surface area contributed by atoms with Crippen LogP contribution in [0.1, 0.15) is 26.1 Å². The van der Waals surface area contributed by atoms with E-state index in [1.807, 2.05) is 6.92 Å². The second kappa shape index (κ2) is 7.86. The van der Waals surface area contributed by atoms with E-state index in [2.05, 4.69) is 15.5 Å². The monoisotopic (exact) mass is 397 g/mol. The summed E-state index contributed by atoms with van der Waals surface area (Å²) in [6, 6.07) is 6.57. The largest absolute Gasteiger partial charge is 0.482 e. The molecular weight excluding hydrogens is 385 g/mol. The van der Waals surface area contributed by atoms with Gasteiger partial charge in [-0.25, -0.2) is 4.98 Å². The van der Waals surface area contributed by atoms with Crippen molar-refractivity contribution in [2.24, 2.45) is 0 Å². The maximum absolute atomic E-state index is 12.1. The van der Waals surface area contributed by atoms with Crippen LogP contribution >= 0.6 is 34.5 Å². The van der Waals surface area contributed by atoms with E-state index in [1.165, 1.54) is 17.4 Å². The van der Waals surface area contributed by atoms with Crippen molar-refractivity contribution in [2.75, 3.05) is 0 Å². The van der Waals surface area contributed by atoms with Crippen molar-refractivity contribution in [2.45, 2.75) is 20.1 Å². The highest BCUT2D eigenvalue weighted by atomic mass is 35.5. The van der Waals surface area contributed by atoms with Crippen LogP contribution < -0.4 is 10.1 Å². The molecule has 1 aromatic carbocycles. The standard InChI is InChI=1S/C16H13Cl2N3O3S/c1-9-19-6-11(25-9)7-20-16(22)14-5-10(24-21-14)8-23-15-12(17)3-2-4-13(15)18/h2-6H,7-8H2,1H3,(H,20,22). The molecular formula is C16H13Cl2N3O3S. The van der Waals surface area contributed by atoms with Crippen LogP contribution in [0.5, 0.6) is 5.75 Å². The van der Waals surface area contributed by atoms with Crippen molar-refractivity contribution >= 4 is 40.4 Å². The number of nitrogens with zero attached hydrogens (tertiary/aromatic N) is 2. The number of halogens is 2. The summed E-state index contributed by atoms with van der Waals surface area (Å²) >= 11 is 13.6. The number of carbonyl (C=O) groups is 1. The molecule has 2 aromatic heterocycles. The number of nitrogens with one attached hydrogen (secondary N) is 1. The van der Waals surface area contributed by atoms with Crippen molar-refractivity contribution in [1.29, 1.82) is 0 Å². The van der Waals surface area contributed by atoms with Crippen LogP contribution in [-0.2, 0) is 13.2 Å². The normalized spacial score (nSPS) is 10.7. The SMILES string of the molecule is Cc1ncc(CNC(=O)c2cc(COc3c(Cl)cccc3Cl)on2)s1. The van der Waals surface area contributed by atoms with Gasteiger partial charge in [-0.15, -0.1) is 11.3 Å². The number of aryl methyl sites for hydroxylation is 1. The molecule has 9 heteroatoms. The second-order valence-electron chi connectivity index (χ2n) is 5.05. The minimum Gasteiger partial charge on any atom is -0.482 e. The Morgan fingerprint density at radius 3 is 2.80 bits per heavy atom. The fraction of sp³-hybridized carbons (Fsp3) is 0.188. The summed E-state index contributed by atoms with van der Waals surface area (Å²) in [5.41, 5.74) is 0.171. The minimum absolute atomic E-state index is 0.0533. The summed E-state index contributed by atoms with van der Waals surface area (Å²) in [6.07, 6.45) is 1.73. The highest BCUT2D eigenvalue weighted by Crippen LogP contribution is 2.32. The Hall–Kier alpha value is -2.09. The molecule has 0 radical (unpaired) electrons. The van der Waals surface area contributed by atoms with E-state index in [0.717, 1.165) is 9.88 Å². The Labute approximate surface area is 157 Å². The zero-order valence-corrected chi connectivity index (χ0v) is 15.4. The van der Waals surface area contributed by atoms with Crippen molar-refractivity contribution in [3.63, 3.8) is 0 Å². The number of rotatable bonds is 6. The summed E-state index contributed by atoms with van der Waals surface area (Å²) in [7, 11) is 0. The predicted molar refractivity (Wildman–Crippen MR) is 95.3 cm³/mol. The molecule has 0 spiro atoms. The van der Waals surface area contributed by atoms with Gasteiger partial charge in [0.2, 0.25) is 0 Å². The van der Waals surface area contributed by atoms with E-state index in [4.69, 9.17) is 32.5 Å². The Kier molecular flexibility index (Phi) is 5.57. The molecule has 1 N–H and O–H groups in total. The van der Waals surface area contributed by atoms with Gasteiger partial charge < -0.3 is 14.6 Å². The van der Waals surface area contributed by atoms with Crippen molar-refractivity contribution < 1.29 is 14.1 Å². The summed E-state index contributed by atoms with van der Waals surface area (Å²) in [5, 5.41) is 8.24. The molecule has 2 heterocycles. The molecule has 0 saturated heterocycles. The fourth-order valence-electron chi connectivity index (χ4n) is 2.00. The molecule has 3 aromatic rings.